The molecule has 0 saturated heterocycles. The molecule has 3 aromatic carbocycles. The Balaban J connectivity index is 1.43. The fourth-order valence-electron chi connectivity index (χ4n) is 3.05. The zero-order valence-corrected chi connectivity index (χ0v) is 18.4. The minimum Gasteiger partial charge on any atom is -0.465 e. The van der Waals surface area contributed by atoms with Gasteiger partial charge in [-0.05, 0) is 60.7 Å². The molecule has 8 nitrogen and oxygen atoms in total. The third-order valence-corrected chi connectivity index (χ3v) is 4.84. The van der Waals surface area contributed by atoms with E-state index < -0.39 is 23.5 Å². The lowest BCUT2D eigenvalue weighted by Crippen LogP contribution is -2.12. The second kappa shape index (κ2) is 10.4. The Hall–Kier alpha value is -4.86. The van der Waals surface area contributed by atoms with E-state index in [2.05, 4.69) is 30.7 Å². The number of para-hydroxylation sites is 1. The van der Waals surface area contributed by atoms with Crippen molar-refractivity contribution in [2.45, 2.75) is 0 Å². The van der Waals surface area contributed by atoms with Crippen LogP contribution in [0.3, 0.4) is 0 Å². The van der Waals surface area contributed by atoms with Crippen LogP contribution in [0.25, 0.3) is 0 Å². The molecule has 0 radical (unpaired) electrons. The first-order chi connectivity index (χ1) is 16.9. The predicted octanol–water partition coefficient (Wildman–Crippen LogP) is 5.28. The number of aromatic nitrogens is 2. The van der Waals surface area contributed by atoms with Crippen molar-refractivity contribution in [1.82, 2.24) is 9.97 Å². The Morgan fingerprint density at radius 3 is 2.09 bits per heavy atom. The van der Waals surface area contributed by atoms with E-state index in [9.17, 15) is 18.4 Å². The standard InChI is InChI=1S/C25H19F2N5O3/c1-35-24(34)16-8-12-18(13-9-16)30-25-28-14-20(27)22(32-25)29-17-10-6-15(7-11-17)23(33)31-21-5-3-2-4-19(21)26/h2-14H,1H3,(H,31,33)(H2,28,29,30,32). The number of nitrogens with zero attached hydrogens (tertiary/aromatic N) is 2. The SMILES string of the molecule is COC(=O)c1ccc(Nc2ncc(F)c(Nc3ccc(C(=O)Nc4ccccc4F)cc3)n2)cc1. The maximum atomic E-state index is 14.3. The van der Waals surface area contributed by atoms with Crippen molar-refractivity contribution >= 4 is 40.7 Å². The van der Waals surface area contributed by atoms with Crippen molar-refractivity contribution in [2.24, 2.45) is 0 Å². The van der Waals surface area contributed by atoms with Gasteiger partial charge in [-0.25, -0.2) is 18.6 Å². The first kappa shape index (κ1) is 23.3. The second-order valence-electron chi connectivity index (χ2n) is 7.22. The summed E-state index contributed by atoms with van der Waals surface area (Å²) in [7, 11) is 1.30. The number of ether oxygens (including phenoxy) is 1. The van der Waals surface area contributed by atoms with Crippen LogP contribution < -0.4 is 16.0 Å². The number of rotatable bonds is 7. The van der Waals surface area contributed by atoms with Gasteiger partial charge >= 0.3 is 5.97 Å². The lowest BCUT2D eigenvalue weighted by atomic mass is 10.2. The van der Waals surface area contributed by atoms with Crippen LogP contribution in [0.1, 0.15) is 20.7 Å². The Kier molecular flexibility index (Phi) is 6.91. The number of halogens is 2. The second-order valence-corrected chi connectivity index (χ2v) is 7.22. The van der Waals surface area contributed by atoms with E-state index in [4.69, 9.17) is 0 Å². The average molecular weight is 475 g/mol. The van der Waals surface area contributed by atoms with Crippen molar-refractivity contribution in [3.63, 3.8) is 0 Å². The van der Waals surface area contributed by atoms with Gasteiger partial charge in [-0.1, -0.05) is 12.1 Å². The molecule has 10 heteroatoms. The summed E-state index contributed by atoms with van der Waals surface area (Å²) >= 11 is 0. The van der Waals surface area contributed by atoms with Crippen molar-refractivity contribution in [3.05, 3.63) is 102 Å². The highest BCUT2D eigenvalue weighted by Gasteiger charge is 2.11. The molecule has 0 saturated carbocycles. The number of esters is 1. The summed E-state index contributed by atoms with van der Waals surface area (Å²) in [4.78, 5) is 32.0. The summed E-state index contributed by atoms with van der Waals surface area (Å²) in [6, 6.07) is 18.4. The van der Waals surface area contributed by atoms with Gasteiger partial charge in [-0.15, -0.1) is 0 Å². The highest BCUT2D eigenvalue weighted by molar-refractivity contribution is 6.04. The zero-order chi connectivity index (χ0) is 24.8. The number of hydrogen-bond donors (Lipinski definition) is 3. The van der Waals surface area contributed by atoms with Gasteiger partial charge in [0.25, 0.3) is 5.91 Å². The summed E-state index contributed by atoms with van der Waals surface area (Å²) in [5.74, 6) is -2.13. The molecule has 4 rings (SSSR count). The maximum Gasteiger partial charge on any atom is 0.337 e. The molecule has 176 valence electrons. The van der Waals surface area contributed by atoms with E-state index in [-0.39, 0.29) is 17.5 Å². The molecule has 4 aromatic rings. The van der Waals surface area contributed by atoms with Crippen LogP contribution in [0, 0.1) is 11.6 Å². The highest BCUT2D eigenvalue weighted by Crippen LogP contribution is 2.22. The first-order valence-corrected chi connectivity index (χ1v) is 10.3. The molecule has 0 fully saturated rings. The number of anilines is 5. The van der Waals surface area contributed by atoms with Crippen molar-refractivity contribution < 1.29 is 23.1 Å². The van der Waals surface area contributed by atoms with Gasteiger partial charge in [0.15, 0.2) is 11.6 Å². The normalized spacial score (nSPS) is 10.4. The number of carbonyl (C=O) groups excluding carboxylic acids is 2. The number of hydrogen-bond acceptors (Lipinski definition) is 7. The van der Waals surface area contributed by atoms with E-state index in [1.807, 2.05) is 0 Å². The van der Waals surface area contributed by atoms with E-state index in [1.165, 1.54) is 37.4 Å². The molecule has 0 unspecified atom stereocenters. The molecule has 0 aliphatic rings. The number of methoxy groups -OCH3 is 1. The summed E-state index contributed by atoms with van der Waals surface area (Å²) in [5, 5.41) is 8.26. The molecular formula is C25H19F2N5O3. The Labute approximate surface area is 199 Å². The van der Waals surface area contributed by atoms with Gasteiger partial charge in [0.1, 0.15) is 5.82 Å². The molecule has 1 heterocycles. The smallest absolute Gasteiger partial charge is 0.337 e. The topological polar surface area (TPSA) is 105 Å². The molecule has 1 aromatic heterocycles. The predicted molar refractivity (Wildman–Crippen MR) is 127 cm³/mol. The third kappa shape index (κ3) is 5.74. The Bertz CT molecular complexity index is 1360. The highest BCUT2D eigenvalue weighted by atomic mass is 19.1. The van der Waals surface area contributed by atoms with Crippen LogP contribution in [0.15, 0.2) is 79.0 Å². The summed E-state index contributed by atoms with van der Waals surface area (Å²) in [5.41, 5.74) is 1.80. The molecule has 0 atom stereocenters. The zero-order valence-electron chi connectivity index (χ0n) is 18.4. The van der Waals surface area contributed by atoms with Crippen molar-refractivity contribution in [2.75, 3.05) is 23.1 Å². The largest absolute Gasteiger partial charge is 0.465 e. The molecule has 3 N–H and O–H groups in total. The number of benzene rings is 3. The molecule has 0 aliphatic carbocycles. The van der Waals surface area contributed by atoms with E-state index in [0.29, 0.717) is 22.5 Å². The van der Waals surface area contributed by atoms with Gasteiger partial charge in [-0.3, -0.25) is 4.79 Å². The van der Waals surface area contributed by atoms with Gasteiger partial charge in [0.05, 0.1) is 24.6 Å². The summed E-state index contributed by atoms with van der Waals surface area (Å²) < 4.78 is 32.7. The maximum absolute atomic E-state index is 14.3. The molecular weight excluding hydrogens is 456 g/mol. The third-order valence-electron chi connectivity index (χ3n) is 4.84. The van der Waals surface area contributed by atoms with E-state index in [0.717, 1.165) is 6.20 Å². The van der Waals surface area contributed by atoms with Crippen LogP contribution in [0.2, 0.25) is 0 Å². The fourth-order valence-corrected chi connectivity index (χ4v) is 3.05. The van der Waals surface area contributed by atoms with Crippen LogP contribution in [-0.2, 0) is 4.74 Å². The minimum absolute atomic E-state index is 0.0720. The molecule has 1 amide bonds. The van der Waals surface area contributed by atoms with Crippen molar-refractivity contribution in [1.29, 1.82) is 0 Å². The monoisotopic (exact) mass is 475 g/mol. The quantitative estimate of drug-likeness (QED) is 0.312. The van der Waals surface area contributed by atoms with Crippen LogP contribution in [0.5, 0.6) is 0 Å². The van der Waals surface area contributed by atoms with Gasteiger partial charge in [-0.2, -0.15) is 4.98 Å². The Morgan fingerprint density at radius 1 is 0.800 bits per heavy atom. The van der Waals surface area contributed by atoms with Gasteiger partial charge in [0, 0.05) is 16.9 Å². The van der Waals surface area contributed by atoms with Crippen LogP contribution in [0.4, 0.5) is 37.6 Å². The van der Waals surface area contributed by atoms with Crippen molar-refractivity contribution in [3.8, 4) is 0 Å². The minimum atomic E-state index is -0.682. The lowest BCUT2D eigenvalue weighted by Gasteiger charge is -2.11. The average Bonchev–Trinajstić information content (AvgIpc) is 2.88. The molecule has 0 aliphatic heterocycles. The van der Waals surface area contributed by atoms with E-state index in [1.54, 1.807) is 42.5 Å². The first-order valence-electron chi connectivity index (χ1n) is 10.3. The summed E-state index contributed by atoms with van der Waals surface area (Å²) in [6.45, 7) is 0. The number of amides is 1. The molecule has 0 spiro atoms. The molecule has 35 heavy (non-hydrogen) atoms. The number of carbonyl (C=O) groups is 2. The fraction of sp³-hybridized carbons (Fsp3) is 0.0400. The molecule has 0 bridgehead atoms. The van der Waals surface area contributed by atoms with Crippen LogP contribution >= 0.6 is 0 Å². The van der Waals surface area contributed by atoms with Gasteiger partial charge < -0.3 is 20.7 Å². The Morgan fingerprint density at radius 2 is 1.43 bits per heavy atom. The van der Waals surface area contributed by atoms with Gasteiger partial charge in [0.2, 0.25) is 5.95 Å². The lowest BCUT2D eigenvalue weighted by molar-refractivity contribution is 0.0600. The van der Waals surface area contributed by atoms with Crippen LogP contribution in [-0.4, -0.2) is 29.0 Å². The summed E-state index contributed by atoms with van der Waals surface area (Å²) in [6.07, 6.45) is 1.01. The number of nitrogens with one attached hydrogen (secondary N) is 3. The van der Waals surface area contributed by atoms with E-state index >= 15 is 0 Å².